The number of aliphatic hydroxyl groups is 1. The smallest absolute Gasteiger partial charge is 0.108 e. The van der Waals surface area contributed by atoms with Crippen molar-refractivity contribution in [3.8, 4) is 5.69 Å². The second-order valence-corrected chi connectivity index (χ2v) is 5.40. The van der Waals surface area contributed by atoms with Gasteiger partial charge >= 0.3 is 0 Å². The third-order valence-corrected chi connectivity index (χ3v) is 3.59. The highest BCUT2D eigenvalue weighted by atomic mass is 16.3. The van der Waals surface area contributed by atoms with Crippen molar-refractivity contribution in [1.82, 2.24) is 9.78 Å². The van der Waals surface area contributed by atoms with Crippen molar-refractivity contribution in [2.24, 2.45) is 0 Å². The lowest BCUT2D eigenvalue weighted by Gasteiger charge is -2.24. The van der Waals surface area contributed by atoms with E-state index in [1.54, 1.807) is 10.9 Å². The first-order valence-electron chi connectivity index (χ1n) is 7.03. The Morgan fingerprint density at radius 2 is 1.57 bits per heavy atom. The third kappa shape index (κ3) is 2.88. The number of para-hydroxylation sites is 1. The summed E-state index contributed by atoms with van der Waals surface area (Å²) in [5.41, 5.74) is 1.86. The Morgan fingerprint density at radius 1 is 0.952 bits per heavy atom. The van der Waals surface area contributed by atoms with Crippen LogP contribution in [0, 0.1) is 0 Å². The molecule has 0 radical (unpaired) electrons. The van der Waals surface area contributed by atoms with Crippen LogP contribution in [0.1, 0.15) is 18.2 Å². The molecule has 0 amide bonds. The topological polar surface area (TPSA) is 38.1 Å². The molecule has 21 heavy (non-hydrogen) atoms. The largest absolute Gasteiger partial charge is 0.383 e. The van der Waals surface area contributed by atoms with E-state index in [-0.39, 0.29) is 0 Å². The van der Waals surface area contributed by atoms with Crippen LogP contribution in [0.2, 0.25) is 0 Å². The molecule has 1 N–H and O–H groups in total. The summed E-state index contributed by atoms with van der Waals surface area (Å²) in [7, 11) is 0. The van der Waals surface area contributed by atoms with Gasteiger partial charge in [-0.3, -0.25) is 0 Å². The summed E-state index contributed by atoms with van der Waals surface area (Å²) in [5.74, 6) is 0. The Kier molecular flexibility index (Phi) is 3.59. The molecule has 0 aliphatic heterocycles. The lowest BCUT2D eigenvalue weighted by atomic mass is 9.93. The third-order valence-electron chi connectivity index (χ3n) is 3.59. The summed E-state index contributed by atoms with van der Waals surface area (Å²) in [6, 6.07) is 21.7. The number of rotatable bonds is 4. The highest BCUT2D eigenvalue weighted by molar-refractivity contribution is 5.34. The fourth-order valence-electron chi connectivity index (χ4n) is 2.57. The van der Waals surface area contributed by atoms with Crippen molar-refractivity contribution >= 4 is 0 Å². The van der Waals surface area contributed by atoms with E-state index in [0.29, 0.717) is 6.42 Å². The number of nitrogens with zero attached hydrogens (tertiary/aromatic N) is 2. The van der Waals surface area contributed by atoms with Gasteiger partial charge in [-0.2, -0.15) is 5.10 Å². The first kappa shape index (κ1) is 13.6. The van der Waals surface area contributed by atoms with Crippen LogP contribution in [-0.2, 0) is 12.0 Å². The number of aromatic nitrogens is 2. The zero-order chi connectivity index (χ0) is 14.7. The van der Waals surface area contributed by atoms with Crippen LogP contribution >= 0.6 is 0 Å². The van der Waals surface area contributed by atoms with E-state index in [0.717, 1.165) is 16.9 Å². The Morgan fingerprint density at radius 3 is 2.24 bits per heavy atom. The van der Waals surface area contributed by atoms with Gasteiger partial charge in [0.05, 0.1) is 11.4 Å². The van der Waals surface area contributed by atoms with Crippen molar-refractivity contribution < 1.29 is 5.11 Å². The summed E-state index contributed by atoms with van der Waals surface area (Å²) in [6.45, 7) is 1.83. The van der Waals surface area contributed by atoms with Crippen molar-refractivity contribution in [2.75, 3.05) is 0 Å². The summed E-state index contributed by atoms with van der Waals surface area (Å²) >= 11 is 0. The maximum atomic E-state index is 10.9. The van der Waals surface area contributed by atoms with E-state index in [4.69, 9.17) is 0 Å². The van der Waals surface area contributed by atoms with Crippen LogP contribution < -0.4 is 0 Å². The molecule has 1 atom stereocenters. The predicted octanol–water partition coefficient (Wildman–Crippen LogP) is 3.32. The van der Waals surface area contributed by atoms with Gasteiger partial charge in [-0.1, -0.05) is 48.5 Å². The first-order valence-corrected chi connectivity index (χ1v) is 7.03. The molecule has 0 fully saturated rings. The molecule has 0 aliphatic rings. The van der Waals surface area contributed by atoms with Gasteiger partial charge < -0.3 is 5.11 Å². The van der Waals surface area contributed by atoms with E-state index in [1.807, 2.05) is 73.7 Å². The number of hydrogen-bond acceptors (Lipinski definition) is 2. The Labute approximate surface area is 124 Å². The first-order chi connectivity index (χ1) is 10.2. The lowest BCUT2D eigenvalue weighted by molar-refractivity contribution is 0.0505. The molecule has 3 nitrogen and oxygen atoms in total. The summed E-state index contributed by atoms with van der Waals surface area (Å²) in [4.78, 5) is 0. The molecule has 1 aromatic heterocycles. The minimum atomic E-state index is -0.978. The van der Waals surface area contributed by atoms with E-state index in [9.17, 15) is 5.11 Å². The Bertz CT molecular complexity index is 702. The van der Waals surface area contributed by atoms with Gasteiger partial charge in [0.2, 0.25) is 0 Å². The fraction of sp³-hybridized carbons (Fsp3) is 0.167. The molecule has 0 spiro atoms. The molecule has 0 saturated heterocycles. The van der Waals surface area contributed by atoms with E-state index in [2.05, 4.69) is 5.10 Å². The maximum Gasteiger partial charge on any atom is 0.108 e. The van der Waals surface area contributed by atoms with Gasteiger partial charge in [-0.15, -0.1) is 0 Å². The highest BCUT2D eigenvalue weighted by Crippen LogP contribution is 2.27. The second kappa shape index (κ2) is 5.54. The molecule has 3 rings (SSSR count). The zero-order valence-electron chi connectivity index (χ0n) is 12.0. The van der Waals surface area contributed by atoms with Crippen LogP contribution in [0.5, 0.6) is 0 Å². The molecule has 3 aromatic rings. The van der Waals surface area contributed by atoms with E-state index >= 15 is 0 Å². The van der Waals surface area contributed by atoms with Gasteiger partial charge in [0.15, 0.2) is 0 Å². The maximum absolute atomic E-state index is 10.9. The molecule has 106 valence electrons. The SMILES string of the molecule is CC(O)(Cc1ccccc1)c1ccnn1-c1ccccc1. The van der Waals surface area contributed by atoms with Crippen LogP contribution in [-0.4, -0.2) is 14.9 Å². The van der Waals surface area contributed by atoms with Crippen molar-refractivity contribution in [3.05, 3.63) is 84.2 Å². The van der Waals surface area contributed by atoms with Gasteiger partial charge in [0, 0.05) is 12.6 Å². The standard InChI is InChI=1S/C18H18N2O/c1-18(21,14-15-8-4-2-5-9-15)17-12-13-19-20(17)16-10-6-3-7-11-16/h2-13,21H,14H2,1H3. The van der Waals surface area contributed by atoms with Gasteiger partial charge in [-0.05, 0) is 30.7 Å². The minimum Gasteiger partial charge on any atom is -0.383 e. The molecule has 0 bridgehead atoms. The highest BCUT2D eigenvalue weighted by Gasteiger charge is 2.28. The van der Waals surface area contributed by atoms with Crippen LogP contribution in [0.25, 0.3) is 5.69 Å². The molecule has 3 heteroatoms. The molecule has 1 unspecified atom stereocenters. The van der Waals surface area contributed by atoms with Crippen LogP contribution in [0.3, 0.4) is 0 Å². The van der Waals surface area contributed by atoms with E-state index < -0.39 is 5.60 Å². The fourth-order valence-corrected chi connectivity index (χ4v) is 2.57. The second-order valence-electron chi connectivity index (χ2n) is 5.40. The summed E-state index contributed by atoms with van der Waals surface area (Å²) in [6.07, 6.45) is 2.27. The van der Waals surface area contributed by atoms with Gasteiger partial charge in [0.1, 0.15) is 5.60 Å². The van der Waals surface area contributed by atoms with Crippen molar-refractivity contribution in [3.63, 3.8) is 0 Å². The molecule has 0 aliphatic carbocycles. The monoisotopic (exact) mass is 278 g/mol. The lowest BCUT2D eigenvalue weighted by Crippen LogP contribution is -2.27. The molecule has 2 aromatic carbocycles. The van der Waals surface area contributed by atoms with E-state index in [1.165, 1.54) is 0 Å². The number of hydrogen-bond donors (Lipinski definition) is 1. The summed E-state index contributed by atoms with van der Waals surface area (Å²) in [5, 5.41) is 15.3. The molecular formula is C18H18N2O. The average Bonchev–Trinajstić information content (AvgIpc) is 2.99. The van der Waals surface area contributed by atoms with Gasteiger partial charge in [0.25, 0.3) is 0 Å². The quantitative estimate of drug-likeness (QED) is 0.795. The summed E-state index contributed by atoms with van der Waals surface area (Å²) < 4.78 is 1.79. The molecule has 0 saturated carbocycles. The van der Waals surface area contributed by atoms with Crippen LogP contribution in [0.15, 0.2) is 72.9 Å². The van der Waals surface area contributed by atoms with Gasteiger partial charge in [-0.25, -0.2) is 4.68 Å². The zero-order valence-corrected chi connectivity index (χ0v) is 12.0. The normalized spacial score (nSPS) is 13.8. The predicted molar refractivity (Wildman–Crippen MR) is 83.3 cm³/mol. The van der Waals surface area contributed by atoms with Crippen molar-refractivity contribution in [2.45, 2.75) is 18.9 Å². The Balaban J connectivity index is 1.95. The molecule has 1 heterocycles. The average molecular weight is 278 g/mol. The molecular weight excluding hydrogens is 260 g/mol. The minimum absolute atomic E-state index is 0.548. The number of benzene rings is 2. The van der Waals surface area contributed by atoms with Crippen LogP contribution in [0.4, 0.5) is 0 Å². The Hall–Kier alpha value is -2.39. The van der Waals surface area contributed by atoms with Crippen molar-refractivity contribution in [1.29, 1.82) is 0 Å².